The third kappa shape index (κ3) is 1.76. The van der Waals surface area contributed by atoms with Crippen LogP contribution in [0.4, 0.5) is 0 Å². The minimum absolute atomic E-state index is 0. The van der Waals surface area contributed by atoms with Crippen molar-refractivity contribution in [2.45, 2.75) is 0 Å². The van der Waals surface area contributed by atoms with Crippen molar-refractivity contribution >= 4 is 12.8 Å². The molecule has 0 radical (unpaired) electrons. The summed E-state index contributed by atoms with van der Waals surface area (Å²) in [7, 11) is 1.95. The fourth-order valence-corrected chi connectivity index (χ4v) is 0.660. The van der Waals surface area contributed by atoms with Crippen molar-refractivity contribution in [1.82, 2.24) is 3.97 Å². The Bertz CT molecular complexity index is 146. The quantitative estimate of drug-likeness (QED) is 0.378. The van der Waals surface area contributed by atoms with E-state index in [0.717, 1.165) is 0 Å². The summed E-state index contributed by atoms with van der Waals surface area (Å²) in [5.41, 5.74) is 0. The van der Waals surface area contributed by atoms with Crippen LogP contribution in [0, 0.1) is 12.4 Å². The number of hydrogen-bond acceptors (Lipinski definition) is 1. The number of nitrogens with zero attached hydrogens (tertiary/aromatic N) is 2. The van der Waals surface area contributed by atoms with Crippen LogP contribution in [0.1, 0.15) is 0 Å². The molecule has 0 aliphatic carbocycles. The lowest BCUT2D eigenvalue weighted by Gasteiger charge is -1.70. The van der Waals surface area contributed by atoms with Gasteiger partial charge in [0, 0.05) is 12.8 Å². The SMILES string of the molecule is C[n+]1ccn(S)c1.[ClH2+]. The minimum atomic E-state index is 0. The van der Waals surface area contributed by atoms with Gasteiger partial charge in [-0.3, -0.25) is 0 Å². The highest BCUT2D eigenvalue weighted by atomic mass is 35.5. The molecule has 0 unspecified atom stereocenters. The van der Waals surface area contributed by atoms with Gasteiger partial charge in [0.05, 0.1) is 19.5 Å². The summed E-state index contributed by atoms with van der Waals surface area (Å²) in [4.78, 5) is 0. The largest absolute Gasteiger partial charge is 0.255 e. The molecule has 8 heavy (non-hydrogen) atoms. The van der Waals surface area contributed by atoms with Gasteiger partial charge >= 0.3 is 0 Å². The number of thiol groups is 1. The number of hydrogen-bond donors (Lipinski definition) is 1. The molecule has 0 saturated heterocycles. The summed E-state index contributed by atoms with van der Waals surface area (Å²) in [6.07, 6.45) is 5.65. The van der Waals surface area contributed by atoms with Crippen LogP contribution in [0.15, 0.2) is 18.7 Å². The Morgan fingerprint density at radius 3 is 2.38 bits per heavy atom. The molecule has 1 aromatic rings. The number of aromatic nitrogens is 2. The molecular weight excluding hydrogens is 144 g/mol. The zero-order valence-electron chi connectivity index (χ0n) is 4.52. The topological polar surface area (TPSA) is 8.81 Å². The van der Waals surface area contributed by atoms with E-state index < -0.39 is 0 Å². The van der Waals surface area contributed by atoms with E-state index in [1.165, 1.54) is 0 Å². The summed E-state index contributed by atoms with van der Waals surface area (Å²) < 4.78 is 3.62. The molecule has 0 aromatic carbocycles. The number of halogens is 1. The van der Waals surface area contributed by atoms with E-state index in [4.69, 9.17) is 0 Å². The second-order valence-corrected chi connectivity index (χ2v) is 1.92. The summed E-state index contributed by atoms with van der Waals surface area (Å²) >= 11 is 4.00. The van der Waals surface area contributed by atoms with E-state index in [0.29, 0.717) is 0 Å². The molecule has 1 aromatic heterocycles. The molecule has 0 spiro atoms. The maximum atomic E-state index is 4.00. The van der Waals surface area contributed by atoms with Crippen LogP contribution >= 0.6 is 12.8 Å². The number of rotatable bonds is 0. The first-order valence-electron chi connectivity index (χ1n) is 2.01. The van der Waals surface area contributed by atoms with E-state index in [2.05, 4.69) is 12.8 Å². The lowest BCUT2D eigenvalue weighted by molar-refractivity contribution is -0.670. The molecule has 0 aliphatic heterocycles. The third-order valence-electron chi connectivity index (χ3n) is 0.755. The summed E-state index contributed by atoms with van der Waals surface area (Å²) in [6.45, 7) is 0. The van der Waals surface area contributed by atoms with Gasteiger partial charge in [0.2, 0.25) is 0 Å². The van der Waals surface area contributed by atoms with Crippen molar-refractivity contribution in [1.29, 1.82) is 0 Å². The van der Waals surface area contributed by atoms with E-state index >= 15 is 0 Å². The van der Waals surface area contributed by atoms with Crippen molar-refractivity contribution in [3.05, 3.63) is 18.7 Å². The highest BCUT2D eigenvalue weighted by molar-refractivity contribution is 7.78. The van der Waals surface area contributed by atoms with Crippen LogP contribution in [-0.4, -0.2) is 3.97 Å². The van der Waals surface area contributed by atoms with Gasteiger partial charge in [-0.15, -0.1) is 0 Å². The lowest BCUT2D eigenvalue weighted by atomic mass is 10.9. The Kier molecular flexibility index (Phi) is 2.94. The fraction of sp³-hybridized carbons (Fsp3) is 0.250. The van der Waals surface area contributed by atoms with Crippen LogP contribution in [0.5, 0.6) is 0 Å². The smallest absolute Gasteiger partial charge is 0.239 e. The first kappa shape index (κ1) is 7.85. The third-order valence-corrected chi connectivity index (χ3v) is 0.992. The highest BCUT2D eigenvalue weighted by Gasteiger charge is 1.88. The molecule has 4 heteroatoms. The van der Waals surface area contributed by atoms with Gasteiger partial charge in [0.1, 0.15) is 12.4 Å². The summed E-state index contributed by atoms with van der Waals surface area (Å²) in [5.74, 6) is 0. The van der Waals surface area contributed by atoms with Crippen molar-refractivity contribution in [2.24, 2.45) is 7.05 Å². The molecule has 0 amide bonds. The average Bonchev–Trinajstić information content (AvgIpc) is 1.87. The first-order valence-corrected chi connectivity index (χ1v) is 2.41. The summed E-state index contributed by atoms with van der Waals surface area (Å²) in [6, 6.07) is 0. The van der Waals surface area contributed by atoms with Crippen LogP contribution in [0.3, 0.4) is 0 Å². The van der Waals surface area contributed by atoms with E-state index in [1.807, 2.05) is 30.3 Å². The molecule has 46 valence electrons. The van der Waals surface area contributed by atoms with Crippen molar-refractivity contribution in [3.8, 4) is 0 Å². The van der Waals surface area contributed by atoms with Crippen LogP contribution in [0.2, 0.25) is 0 Å². The van der Waals surface area contributed by atoms with E-state index in [9.17, 15) is 0 Å². The molecule has 0 bridgehead atoms. The van der Waals surface area contributed by atoms with E-state index in [1.54, 1.807) is 3.97 Å². The zero-order chi connectivity index (χ0) is 5.28. The second-order valence-electron chi connectivity index (χ2n) is 1.46. The van der Waals surface area contributed by atoms with Gasteiger partial charge in [-0.05, 0) is 0 Å². The standard InChI is InChI=1S/C4H7N2S.ClH2/c1-5-2-3-6(7)4-5;/h2-4,7H,1H3;1H2/q2*+1. The van der Waals surface area contributed by atoms with Gasteiger partial charge in [0.15, 0.2) is 0 Å². The molecule has 0 atom stereocenters. The van der Waals surface area contributed by atoms with Crippen LogP contribution < -0.4 is 4.57 Å². The van der Waals surface area contributed by atoms with Gasteiger partial charge < -0.3 is 0 Å². The molecule has 0 fully saturated rings. The molecule has 2 nitrogen and oxygen atoms in total. The Balaban J connectivity index is 0.000000490. The predicted octanol–water partition coefficient (Wildman–Crippen LogP) is -0.530. The molecule has 0 aliphatic rings. The molecular formula is C4H9ClN2S+2. The monoisotopic (exact) mass is 152 g/mol. The van der Waals surface area contributed by atoms with Gasteiger partial charge in [-0.2, -0.15) is 3.97 Å². The zero-order valence-corrected chi connectivity index (χ0v) is 6.31. The maximum absolute atomic E-state index is 4.00. The van der Waals surface area contributed by atoms with Crippen LogP contribution in [-0.2, 0) is 7.05 Å². The second kappa shape index (κ2) is 2.99. The van der Waals surface area contributed by atoms with Gasteiger partial charge in [0.25, 0.3) is 6.33 Å². The van der Waals surface area contributed by atoms with Gasteiger partial charge in [-0.25, -0.2) is 4.57 Å². The Labute approximate surface area is 60.1 Å². The molecule has 1 rings (SSSR count). The summed E-state index contributed by atoms with van der Waals surface area (Å²) in [5, 5.41) is 0. The molecule has 1 heterocycles. The van der Waals surface area contributed by atoms with Crippen LogP contribution in [0.25, 0.3) is 0 Å². The molecule has 0 N–H and O–H groups in total. The lowest BCUT2D eigenvalue weighted by Crippen LogP contribution is -2.23. The number of imidazole rings is 1. The maximum Gasteiger partial charge on any atom is 0.255 e. The van der Waals surface area contributed by atoms with Crippen molar-refractivity contribution in [2.75, 3.05) is 0 Å². The first-order chi connectivity index (χ1) is 3.29. The number of aryl methyl sites for hydroxylation is 1. The average molecular weight is 153 g/mol. The van der Waals surface area contributed by atoms with E-state index in [-0.39, 0.29) is 12.4 Å². The predicted molar refractivity (Wildman–Crippen MR) is 32.8 cm³/mol. The van der Waals surface area contributed by atoms with Gasteiger partial charge in [-0.1, -0.05) is 0 Å². The van der Waals surface area contributed by atoms with Crippen molar-refractivity contribution < 1.29 is 17.0 Å². The Hall–Kier alpha value is -0.150. The normalized spacial score (nSPS) is 8.25. The fourth-order valence-electron chi connectivity index (χ4n) is 0.437. The Morgan fingerprint density at radius 1 is 1.62 bits per heavy atom. The Morgan fingerprint density at radius 2 is 2.25 bits per heavy atom. The minimum Gasteiger partial charge on any atom is -0.239 e. The highest BCUT2D eigenvalue weighted by Crippen LogP contribution is 1.80. The van der Waals surface area contributed by atoms with Crippen molar-refractivity contribution in [3.63, 3.8) is 0 Å². The molecule has 0 saturated carbocycles.